The van der Waals surface area contributed by atoms with Gasteiger partial charge in [-0.2, -0.15) is 8.42 Å². The fraction of sp³-hybridized carbons (Fsp3) is 1.00. The molecule has 0 aromatic carbocycles. The quantitative estimate of drug-likeness (QED) is 0.491. The average Bonchev–Trinajstić information content (AvgIpc) is 2.26. The zero-order chi connectivity index (χ0) is 12.7. The lowest BCUT2D eigenvalue weighted by molar-refractivity contribution is 0.127. The van der Waals surface area contributed by atoms with E-state index in [0.717, 1.165) is 45.4 Å². The Labute approximate surface area is 105 Å². The summed E-state index contributed by atoms with van der Waals surface area (Å²) >= 11 is 0. The van der Waals surface area contributed by atoms with E-state index in [0.29, 0.717) is 6.61 Å². The largest absolute Gasteiger partial charge is 0.301 e. The number of piperazine rings is 1. The molecule has 0 bridgehead atoms. The van der Waals surface area contributed by atoms with Gasteiger partial charge in [0.15, 0.2) is 0 Å². The van der Waals surface area contributed by atoms with Crippen molar-refractivity contribution in [3.05, 3.63) is 0 Å². The first-order valence-corrected chi connectivity index (χ1v) is 8.12. The highest BCUT2D eigenvalue weighted by atomic mass is 32.2. The zero-order valence-corrected chi connectivity index (χ0v) is 11.7. The molecule has 0 unspecified atom stereocenters. The Balaban J connectivity index is 2.06. The van der Waals surface area contributed by atoms with Crippen LogP contribution in [0.3, 0.4) is 0 Å². The van der Waals surface area contributed by atoms with Crippen LogP contribution in [0, 0.1) is 0 Å². The second-order valence-corrected chi connectivity index (χ2v) is 6.21. The van der Waals surface area contributed by atoms with E-state index in [-0.39, 0.29) is 0 Å². The second-order valence-electron chi connectivity index (χ2n) is 4.56. The third-order valence-electron chi connectivity index (χ3n) is 2.92. The van der Waals surface area contributed by atoms with E-state index in [9.17, 15) is 8.42 Å². The predicted molar refractivity (Wildman–Crippen MR) is 68.6 cm³/mol. The summed E-state index contributed by atoms with van der Waals surface area (Å²) in [4.78, 5) is 4.85. The van der Waals surface area contributed by atoms with E-state index in [4.69, 9.17) is 4.18 Å². The minimum Gasteiger partial charge on any atom is -0.301 e. The summed E-state index contributed by atoms with van der Waals surface area (Å²) in [6.07, 6.45) is 3.08. The molecule has 0 radical (unpaired) electrons. The van der Waals surface area contributed by atoms with Crippen molar-refractivity contribution in [1.82, 2.24) is 9.80 Å². The van der Waals surface area contributed by atoms with Crippen LogP contribution in [0.25, 0.3) is 0 Å². The van der Waals surface area contributed by atoms with Crippen LogP contribution in [-0.4, -0.2) is 70.3 Å². The van der Waals surface area contributed by atoms with Gasteiger partial charge < -0.3 is 9.80 Å². The van der Waals surface area contributed by atoms with Gasteiger partial charge >= 0.3 is 0 Å². The van der Waals surface area contributed by atoms with Crippen LogP contribution in [0.1, 0.15) is 19.8 Å². The molecule has 17 heavy (non-hydrogen) atoms. The third-order valence-corrected chi connectivity index (χ3v) is 3.52. The highest BCUT2D eigenvalue weighted by molar-refractivity contribution is 7.85. The molecule has 0 aliphatic carbocycles. The topological polar surface area (TPSA) is 49.9 Å². The second kappa shape index (κ2) is 7.31. The summed E-state index contributed by atoms with van der Waals surface area (Å²) in [5.41, 5.74) is 0. The van der Waals surface area contributed by atoms with E-state index in [1.54, 1.807) is 0 Å². The maximum absolute atomic E-state index is 10.8. The molecule has 0 aromatic rings. The number of nitrogens with zero attached hydrogens (tertiary/aromatic N) is 2. The molecule has 0 amide bonds. The first-order valence-electron chi connectivity index (χ1n) is 6.30. The molecule has 1 aliphatic heterocycles. The normalized spacial score (nSPS) is 19.6. The SMILES string of the molecule is CCCN1CCN(CCCOS(C)(=O)=O)CC1. The Morgan fingerprint density at radius 1 is 1.06 bits per heavy atom. The van der Waals surface area contributed by atoms with E-state index in [1.165, 1.54) is 13.0 Å². The number of hydrogen-bond acceptors (Lipinski definition) is 5. The lowest BCUT2D eigenvalue weighted by atomic mass is 10.3. The van der Waals surface area contributed by atoms with Gasteiger partial charge in [-0.15, -0.1) is 0 Å². The van der Waals surface area contributed by atoms with Crippen molar-refractivity contribution in [2.75, 3.05) is 52.1 Å². The maximum atomic E-state index is 10.8. The summed E-state index contributed by atoms with van der Waals surface area (Å²) in [5, 5.41) is 0. The summed E-state index contributed by atoms with van der Waals surface area (Å²) in [6, 6.07) is 0. The molecule has 1 rings (SSSR count). The van der Waals surface area contributed by atoms with E-state index < -0.39 is 10.1 Å². The van der Waals surface area contributed by atoms with Gasteiger partial charge in [-0.1, -0.05) is 6.92 Å². The molecule has 1 fully saturated rings. The zero-order valence-electron chi connectivity index (χ0n) is 10.9. The van der Waals surface area contributed by atoms with Crippen molar-refractivity contribution < 1.29 is 12.6 Å². The molecule has 0 aromatic heterocycles. The van der Waals surface area contributed by atoms with Crippen LogP contribution in [-0.2, 0) is 14.3 Å². The van der Waals surface area contributed by atoms with Gasteiger partial charge in [0, 0.05) is 32.7 Å². The van der Waals surface area contributed by atoms with Gasteiger partial charge in [-0.3, -0.25) is 4.18 Å². The lowest BCUT2D eigenvalue weighted by Gasteiger charge is -2.34. The Morgan fingerprint density at radius 2 is 1.59 bits per heavy atom. The van der Waals surface area contributed by atoms with Gasteiger partial charge in [0.1, 0.15) is 0 Å². The Bertz CT molecular complexity index is 298. The van der Waals surface area contributed by atoms with Crippen molar-refractivity contribution >= 4 is 10.1 Å². The molecular weight excluding hydrogens is 240 g/mol. The fourth-order valence-electron chi connectivity index (χ4n) is 2.05. The Morgan fingerprint density at radius 3 is 2.06 bits per heavy atom. The minimum atomic E-state index is -3.27. The van der Waals surface area contributed by atoms with E-state index in [1.807, 2.05) is 0 Å². The first kappa shape index (κ1) is 14.9. The Kier molecular flexibility index (Phi) is 6.40. The van der Waals surface area contributed by atoms with Gasteiger partial charge in [0.05, 0.1) is 12.9 Å². The molecule has 0 saturated carbocycles. The summed E-state index contributed by atoms with van der Waals surface area (Å²) in [7, 11) is -3.27. The molecule has 5 nitrogen and oxygen atoms in total. The van der Waals surface area contributed by atoms with Crippen molar-refractivity contribution in [2.24, 2.45) is 0 Å². The molecule has 1 aliphatic rings. The van der Waals surface area contributed by atoms with Crippen LogP contribution < -0.4 is 0 Å². The van der Waals surface area contributed by atoms with Crippen LogP contribution >= 0.6 is 0 Å². The molecule has 102 valence electrons. The third kappa shape index (κ3) is 6.98. The number of hydrogen-bond donors (Lipinski definition) is 0. The van der Waals surface area contributed by atoms with E-state index in [2.05, 4.69) is 16.7 Å². The molecule has 1 heterocycles. The molecule has 0 N–H and O–H groups in total. The molecule has 1 saturated heterocycles. The van der Waals surface area contributed by atoms with Crippen molar-refractivity contribution in [2.45, 2.75) is 19.8 Å². The van der Waals surface area contributed by atoms with Gasteiger partial charge in [-0.05, 0) is 19.4 Å². The van der Waals surface area contributed by atoms with Crippen LogP contribution in [0.4, 0.5) is 0 Å². The molecule has 0 atom stereocenters. The van der Waals surface area contributed by atoms with Crippen molar-refractivity contribution in [3.8, 4) is 0 Å². The van der Waals surface area contributed by atoms with Crippen LogP contribution in [0.2, 0.25) is 0 Å². The highest BCUT2D eigenvalue weighted by Gasteiger charge is 2.15. The van der Waals surface area contributed by atoms with Crippen molar-refractivity contribution in [1.29, 1.82) is 0 Å². The first-order chi connectivity index (χ1) is 8.01. The van der Waals surface area contributed by atoms with Crippen molar-refractivity contribution in [3.63, 3.8) is 0 Å². The average molecular weight is 264 g/mol. The maximum Gasteiger partial charge on any atom is 0.264 e. The summed E-state index contributed by atoms with van der Waals surface area (Å²) in [5.74, 6) is 0. The molecular formula is C11H24N2O3S. The van der Waals surface area contributed by atoms with Gasteiger partial charge in [0.2, 0.25) is 0 Å². The van der Waals surface area contributed by atoms with Gasteiger partial charge in [-0.25, -0.2) is 0 Å². The monoisotopic (exact) mass is 264 g/mol. The molecule has 0 spiro atoms. The van der Waals surface area contributed by atoms with E-state index >= 15 is 0 Å². The highest BCUT2D eigenvalue weighted by Crippen LogP contribution is 2.03. The summed E-state index contributed by atoms with van der Waals surface area (Å²) < 4.78 is 26.2. The fourth-order valence-corrected chi connectivity index (χ4v) is 2.47. The summed E-state index contributed by atoms with van der Waals surface area (Å²) in [6.45, 7) is 9.03. The lowest BCUT2D eigenvalue weighted by Crippen LogP contribution is -2.46. The Hall–Kier alpha value is -0.170. The predicted octanol–water partition coefficient (Wildman–Crippen LogP) is 0.380. The minimum absolute atomic E-state index is 0.300. The number of rotatable bonds is 7. The van der Waals surface area contributed by atoms with Crippen LogP contribution in [0.5, 0.6) is 0 Å². The smallest absolute Gasteiger partial charge is 0.264 e. The van der Waals surface area contributed by atoms with Crippen LogP contribution in [0.15, 0.2) is 0 Å². The van der Waals surface area contributed by atoms with Gasteiger partial charge in [0.25, 0.3) is 10.1 Å². The standard InChI is InChI=1S/C11H24N2O3S/c1-3-5-12-7-9-13(10-8-12)6-4-11-16-17(2,14)15/h3-11H2,1-2H3. The molecule has 6 heteroatoms.